The van der Waals surface area contributed by atoms with Crippen molar-refractivity contribution in [1.82, 2.24) is 14.6 Å². The molecule has 0 aliphatic carbocycles. The standard InChI is InChI=1S/C9H11N3O/c1-3-13-8-4-5-9-11-10-7(2)12(9)6-8/h4-6H,3H2,1-2H3. The highest BCUT2D eigenvalue weighted by Gasteiger charge is 2.00. The Morgan fingerprint density at radius 2 is 2.23 bits per heavy atom. The summed E-state index contributed by atoms with van der Waals surface area (Å²) in [7, 11) is 0. The van der Waals surface area contributed by atoms with Crippen molar-refractivity contribution < 1.29 is 4.74 Å². The van der Waals surface area contributed by atoms with Gasteiger partial charge in [-0.25, -0.2) is 0 Å². The van der Waals surface area contributed by atoms with Crippen molar-refractivity contribution in [2.24, 2.45) is 0 Å². The monoisotopic (exact) mass is 177 g/mol. The summed E-state index contributed by atoms with van der Waals surface area (Å²) in [4.78, 5) is 0. The first kappa shape index (κ1) is 8.04. The molecule has 0 bridgehead atoms. The SMILES string of the molecule is CCOc1ccc2nnc(C)n2c1. The zero-order chi connectivity index (χ0) is 9.26. The molecule has 13 heavy (non-hydrogen) atoms. The van der Waals surface area contributed by atoms with E-state index < -0.39 is 0 Å². The molecule has 0 saturated heterocycles. The lowest BCUT2D eigenvalue weighted by Crippen LogP contribution is -1.94. The number of fused-ring (bicyclic) bond motifs is 1. The first-order chi connectivity index (χ1) is 6.31. The van der Waals surface area contributed by atoms with E-state index in [9.17, 15) is 0 Å². The van der Waals surface area contributed by atoms with E-state index in [1.807, 2.05) is 36.6 Å². The van der Waals surface area contributed by atoms with Crippen molar-refractivity contribution >= 4 is 5.65 Å². The number of nitrogens with zero attached hydrogens (tertiary/aromatic N) is 3. The maximum Gasteiger partial charge on any atom is 0.161 e. The van der Waals surface area contributed by atoms with Gasteiger partial charge in [0.2, 0.25) is 0 Å². The van der Waals surface area contributed by atoms with Gasteiger partial charge in [-0.2, -0.15) is 0 Å². The molecule has 0 aliphatic heterocycles. The second kappa shape index (κ2) is 3.05. The molecule has 0 radical (unpaired) electrons. The Labute approximate surface area is 76.2 Å². The van der Waals surface area contributed by atoms with Crippen LogP contribution in [0.25, 0.3) is 5.65 Å². The van der Waals surface area contributed by atoms with Crippen LogP contribution in [0, 0.1) is 6.92 Å². The van der Waals surface area contributed by atoms with Crippen molar-refractivity contribution in [3.05, 3.63) is 24.2 Å². The summed E-state index contributed by atoms with van der Waals surface area (Å²) >= 11 is 0. The molecule has 0 fully saturated rings. The van der Waals surface area contributed by atoms with Gasteiger partial charge < -0.3 is 4.74 Å². The lowest BCUT2D eigenvalue weighted by Gasteiger charge is -2.02. The maximum absolute atomic E-state index is 5.36. The van der Waals surface area contributed by atoms with Crippen molar-refractivity contribution in [2.45, 2.75) is 13.8 Å². The minimum atomic E-state index is 0.673. The summed E-state index contributed by atoms with van der Waals surface area (Å²) in [5, 5.41) is 7.93. The molecule has 68 valence electrons. The highest BCUT2D eigenvalue weighted by Crippen LogP contribution is 2.12. The van der Waals surface area contributed by atoms with Crippen molar-refractivity contribution in [2.75, 3.05) is 6.61 Å². The number of aromatic nitrogens is 3. The van der Waals surface area contributed by atoms with Crippen LogP contribution in [0.3, 0.4) is 0 Å². The zero-order valence-electron chi connectivity index (χ0n) is 7.69. The van der Waals surface area contributed by atoms with Crippen LogP contribution in [0.2, 0.25) is 0 Å². The Balaban J connectivity index is 2.53. The van der Waals surface area contributed by atoms with Gasteiger partial charge >= 0.3 is 0 Å². The van der Waals surface area contributed by atoms with Gasteiger partial charge in [-0.05, 0) is 26.0 Å². The zero-order valence-corrected chi connectivity index (χ0v) is 7.69. The van der Waals surface area contributed by atoms with E-state index >= 15 is 0 Å². The largest absolute Gasteiger partial charge is 0.492 e. The predicted octanol–water partition coefficient (Wildman–Crippen LogP) is 1.44. The molecule has 2 aromatic heterocycles. The van der Waals surface area contributed by atoms with Gasteiger partial charge in [-0.3, -0.25) is 4.40 Å². The molecule has 0 spiro atoms. The summed E-state index contributed by atoms with van der Waals surface area (Å²) in [6, 6.07) is 3.79. The van der Waals surface area contributed by atoms with E-state index in [-0.39, 0.29) is 0 Å². The van der Waals surface area contributed by atoms with Crippen LogP contribution in [-0.4, -0.2) is 21.2 Å². The Hall–Kier alpha value is -1.58. The van der Waals surface area contributed by atoms with Crippen LogP contribution in [0.4, 0.5) is 0 Å². The summed E-state index contributed by atoms with van der Waals surface area (Å²) in [5.41, 5.74) is 0.848. The number of pyridine rings is 1. The molecular weight excluding hydrogens is 166 g/mol. The summed E-state index contributed by atoms with van der Waals surface area (Å²) < 4.78 is 7.27. The number of hydrogen-bond acceptors (Lipinski definition) is 3. The predicted molar refractivity (Wildman–Crippen MR) is 48.9 cm³/mol. The third-order valence-corrected chi connectivity index (χ3v) is 1.86. The maximum atomic E-state index is 5.36. The third-order valence-electron chi connectivity index (χ3n) is 1.86. The van der Waals surface area contributed by atoms with Crippen LogP contribution >= 0.6 is 0 Å². The molecule has 0 saturated carbocycles. The lowest BCUT2D eigenvalue weighted by molar-refractivity contribution is 0.338. The fraction of sp³-hybridized carbons (Fsp3) is 0.333. The first-order valence-corrected chi connectivity index (χ1v) is 4.25. The fourth-order valence-corrected chi connectivity index (χ4v) is 1.24. The quantitative estimate of drug-likeness (QED) is 0.696. The molecule has 4 nitrogen and oxygen atoms in total. The van der Waals surface area contributed by atoms with E-state index in [2.05, 4.69) is 10.2 Å². The van der Waals surface area contributed by atoms with E-state index in [1.165, 1.54) is 0 Å². The topological polar surface area (TPSA) is 39.4 Å². The number of hydrogen-bond donors (Lipinski definition) is 0. The van der Waals surface area contributed by atoms with E-state index in [0.29, 0.717) is 6.61 Å². The Bertz CT molecular complexity index is 422. The van der Waals surface area contributed by atoms with Gasteiger partial charge in [-0.15, -0.1) is 10.2 Å². The molecule has 0 N–H and O–H groups in total. The second-order valence-electron chi connectivity index (χ2n) is 2.77. The molecule has 0 amide bonds. The average Bonchev–Trinajstić information content (AvgIpc) is 2.49. The molecular formula is C9H11N3O. The summed E-state index contributed by atoms with van der Waals surface area (Å²) in [6.45, 7) is 4.55. The second-order valence-corrected chi connectivity index (χ2v) is 2.77. The molecule has 2 heterocycles. The average molecular weight is 177 g/mol. The molecule has 0 aliphatic rings. The normalized spacial score (nSPS) is 10.6. The minimum absolute atomic E-state index is 0.673. The summed E-state index contributed by atoms with van der Waals surface area (Å²) in [6.07, 6.45) is 1.90. The van der Waals surface area contributed by atoms with Gasteiger partial charge in [-0.1, -0.05) is 0 Å². The van der Waals surface area contributed by atoms with Crippen molar-refractivity contribution in [3.63, 3.8) is 0 Å². The van der Waals surface area contributed by atoms with E-state index in [0.717, 1.165) is 17.2 Å². The van der Waals surface area contributed by atoms with Gasteiger partial charge in [0.25, 0.3) is 0 Å². The Kier molecular flexibility index (Phi) is 1.88. The van der Waals surface area contributed by atoms with Crippen LogP contribution in [0.5, 0.6) is 5.75 Å². The van der Waals surface area contributed by atoms with Crippen LogP contribution in [0.15, 0.2) is 18.3 Å². The van der Waals surface area contributed by atoms with Crippen LogP contribution in [-0.2, 0) is 0 Å². The number of rotatable bonds is 2. The van der Waals surface area contributed by atoms with Crippen LogP contribution in [0.1, 0.15) is 12.7 Å². The molecule has 0 aromatic carbocycles. The molecule has 4 heteroatoms. The van der Waals surface area contributed by atoms with E-state index in [1.54, 1.807) is 0 Å². The van der Waals surface area contributed by atoms with Crippen molar-refractivity contribution in [1.29, 1.82) is 0 Å². The van der Waals surface area contributed by atoms with Gasteiger partial charge in [0.05, 0.1) is 12.8 Å². The molecule has 0 unspecified atom stereocenters. The van der Waals surface area contributed by atoms with Gasteiger partial charge in [0.1, 0.15) is 11.6 Å². The molecule has 2 rings (SSSR count). The summed E-state index contributed by atoms with van der Waals surface area (Å²) in [5.74, 6) is 1.72. The minimum Gasteiger partial charge on any atom is -0.492 e. The van der Waals surface area contributed by atoms with Crippen molar-refractivity contribution in [3.8, 4) is 5.75 Å². The number of aryl methyl sites for hydroxylation is 1. The fourth-order valence-electron chi connectivity index (χ4n) is 1.24. The van der Waals surface area contributed by atoms with Crippen LogP contribution < -0.4 is 4.74 Å². The van der Waals surface area contributed by atoms with Gasteiger partial charge in [0.15, 0.2) is 5.65 Å². The third kappa shape index (κ3) is 1.35. The smallest absolute Gasteiger partial charge is 0.161 e. The Morgan fingerprint density at radius 3 is 3.00 bits per heavy atom. The number of ether oxygens (including phenoxy) is 1. The van der Waals surface area contributed by atoms with Gasteiger partial charge in [0, 0.05) is 0 Å². The molecule has 2 aromatic rings. The lowest BCUT2D eigenvalue weighted by atomic mass is 10.4. The van der Waals surface area contributed by atoms with E-state index in [4.69, 9.17) is 4.74 Å². The highest BCUT2D eigenvalue weighted by atomic mass is 16.5. The molecule has 0 atom stereocenters. The Morgan fingerprint density at radius 1 is 1.38 bits per heavy atom. The first-order valence-electron chi connectivity index (χ1n) is 4.25. The highest BCUT2D eigenvalue weighted by molar-refractivity contribution is 5.41.